The van der Waals surface area contributed by atoms with Gasteiger partial charge in [0.1, 0.15) is 5.75 Å². The van der Waals surface area contributed by atoms with Crippen LogP contribution in [-0.4, -0.2) is 49.5 Å². The van der Waals surface area contributed by atoms with Crippen LogP contribution >= 0.6 is 0 Å². The van der Waals surface area contributed by atoms with Gasteiger partial charge >= 0.3 is 5.97 Å². The van der Waals surface area contributed by atoms with Gasteiger partial charge in [-0.15, -0.1) is 0 Å². The molecule has 0 saturated carbocycles. The summed E-state index contributed by atoms with van der Waals surface area (Å²) in [6, 6.07) is 6.54. The van der Waals surface area contributed by atoms with Crippen molar-refractivity contribution in [3.63, 3.8) is 0 Å². The van der Waals surface area contributed by atoms with Crippen LogP contribution in [0.3, 0.4) is 0 Å². The smallest absolute Gasteiger partial charge is 0.341 e. The molecule has 1 heterocycles. The van der Waals surface area contributed by atoms with Gasteiger partial charge in [-0.25, -0.2) is 4.79 Å². The summed E-state index contributed by atoms with van der Waals surface area (Å²) < 4.78 is 15.9. The standard InChI is InChI=1S/C16H21NO6/c18-15(7-10-22-14-5-8-21-9-6-14)17-12-1-3-13(4-2-12)23-11-16(19)20/h1-4,14H,5-11H2,(H,17,18)(H,19,20). The SMILES string of the molecule is O=C(O)COc1ccc(NC(=O)CCOC2CCOCC2)cc1. The van der Waals surface area contributed by atoms with E-state index < -0.39 is 12.6 Å². The molecular formula is C16H21NO6. The molecule has 0 unspecified atom stereocenters. The van der Waals surface area contributed by atoms with Crippen LogP contribution in [0.25, 0.3) is 0 Å². The van der Waals surface area contributed by atoms with Crippen LogP contribution in [0, 0.1) is 0 Å². The summed E-state index contributed by atoms with van der Waals surface area (Å²) in [6.07, 6.45) is 2.22. The number of carboxylic acids is 1. The van der Waals surface area contributed by atoms with Gasteiger partial charge in [-0.05, 0) is 37.1 Å². The molecule has 0 aromatic heterocycles. The Morgan fingerprint density at radius 2 is 1.91 bits per heavy atom. The molecule has 0 aliphatic carbocycles. The molecule has 2 rings (SSSR count). The zero-order valence-corrected chi connectivity index (χ0v) is 12.8. The fourth-order valence-corrected chi connectivity index (χ4v) is 2.16. The van der Waals surface area contributed by atoms with Gasteiger partial charge < -0.3 is 24.6 Å². The predicted octanol–water partition coefficient (Wildman–Crippen LogP) is 1.67. The maximum atomic E-state index is 11.8. The topological polar surface area (TPSA) is 94.1 Å². The highest BCUT2D eigenvalue weighted by molar-refractivity contribution is 5.90. The molecule has 1 amide bonds. The van der Waals surface area contributed by atoms with Gasteiger partial charge in [0, 0.05) is 18.9 Å². The van der Waals surface area contributed by atoms with Crippen LogP contribution in [0.4, 0.5) is 5.69 Å². The number of amides is 1. The fraction of sp³-hybridized carbons (Fsp3) is 0.500. The highest BCUT2D eigenvalue weighted by Crippen LogP contribution is 2.16. The highest BCUT2D eigenvalue weighted by Gasteiger charge is 2.14. The summed E-state index contributed by atoms with van der Waals surface area (Å²) in [5.74, 6) is -0.726. The molecule has 0 spiro atoms. The minimum Gasteiger partial charge on any atom is -0.482 e. The van der Waals surface area contributed by atoms with E-state index in [4.69, 9.17) is 19.3 Å². The normalized spacial score (nSPS) is 15.1. The number of anilines is 1. The van der Waals surface area contributed by atoms with E-state index in [1.165, 1.54) is 0 Å². The van der Waals surface area contributed by atoms with Crippen LogP contribution in [-0.2, 0) is 19.1 Å². The molecule has 0 atom stereocenters. The van der Waals surface area contributed by atoms with Crippen molar-refractivity contribution in [3.05, 3.63) is 24.3 Å². The second kappa shape index (κ2) is 9.12. The number of aliphatic carboxylic acids is 1. The van der Waals surface area contributed by atoms with Crippen molar-refractivity contribution in [1.29, 1.82) is 0 Å². The Morgan fingerprint density at radius 3 is 2.57 bits per heavy atom. The van der Waals surface area contributed by atoms with Crippen LogP contribution in [0.1, 0.15) is 19.3 Å². The zero-order valence-electron chi connectivity index (χ0n) is 12.8. The van der Waals surface area contributed by atoms with E-state index in [-0.39, 0.29) is 18.4 Å². The number of ether oxygens (including phenoxy) is 3. The molecule has 1 aromatic carbocycles. The quantitative estimate of drug-likeness (QED) is 0.756. The number of benzene rings is 1. The first-order valence-corrected chi connectivity index (χ1v) is 7.57. The molecule has 0 radical (unpaired) electrons. The van der Waals surface area contributed by atoms with Crippen molar-refractivity contribution >= 4 is 17.6 Å². The third kappa shape index (κ3) is 6.66. The van der Waals surface area contributed by atoms with Crippen LogP contribution in [0.15, 0.2) is 24.3 Å². The van der Waals surface area contributed by atoms with Gasteiger partial charge in [0.2, 0.25) is 5.91 Å². The third-order valence-corrected chi connectivity index (χ3v) is 3.35. The Hall–Kier alpha value is -2.12. The molecule has 23 heavy (non-hydrogen) atoms. The lowest BCUT2D eigenvalue weighted by atomic mass is 10.1. The minimum absolute atomic E-state index is 0.128. The van der Waals surface area contributed by atoms with Crippen molar-refractivity contribution in [2.24, 2.45) is 0 Å². The van der Waals surface area contributed by atoms with Gasteiger partial charge in [-0.3, -0.25) is 4.79 Å². The van der Waals surface area contributed by atoms with Crippen molar-refractivity contribution in [3.8, 4) is 5.75 Å². The predicted molar refractivity (Wildman–Crippen MR) is 82.6 cm³/mol. The van der Waals surface area contributed by atoms with Gasteiger partial charge in [0.25, 0.3) is 0 Å². The van der Waals surface area contributed by atoms with Gasteiger partial charge in [0.05, 0.1) is 19.1 Å². The van der Waals surface area contributed by atoms with E-state index in [9.17, 15) is 9.59 Å². The maximum absolute atomic E-state index is 11.8. The monoisotopic (exact) mass is 323 g/mol. The average Bonchev–Trinajstić information content (AvgIpc) is 2.55. The lowest BCUT2D eigenvalue weighted by molar-refractivity contribution is -0.139. The molecule has 1 saturated heterocycles. The van der Waals surface area contributed by atoms with Crippen LogP contribution in [0.2, 0.25) is 0 Å². The van der Waals surface area contributed by atoms with Crippen molar-refractivity contribution < 1.29 is 28.9 Å². The van der Waals surface area contributed by atoms with Crippen LogP contribution < -0.4 is 10.1 Å². The van der Waals surface area contributed by atoms with Gasteiger partial charge in [-0.1, -0.05) is 0 Å². The lowest BCUT2D eigenvalue weighted by Gasteiger charge is -2.22. The van der Waals surface area contributed by atoms with E-state index >= 15 is 0 Å². The highest BCUT2D eigenvalue weighted by atomic mass is 16.5. The van der Waals surface area contributed by atoms with Crippen molar-refractivity contribution in [2.45, 2.75) is 25.4 Å². The number of hydrogen-bond acceptors (Lipinski definition) is 5. The summed E-state index contributed by atoms with van der Waals surface area (Å²) >= 11 is 0. The molecule has 1 aromatic rings. The summed E-state index contributed by atoms with van der Waals surface area (Å²) in [5.41, 5.74) is 0.628. The van der Waals surface area contributed by atoms with Crippen molar-refractivity contribution in [1.82, 2.24) is 0 Å². The number of carboxylic acid groups (broad SMARTS) is 1. The number of hydrogen-bond donors (Lipinski definition) is 2. The molecule has 7 nitrogen and oxygen atoms in total. The molecular weight excluding hydrogens is 302 g/mol. The Bertz CT molecular complexity index is 510. The van der Waals surface area contributed by atoms with Gasteiger partial charge in [0.15, 0.2) is 6.61 Å². The number of carbonyl (C=O) groups excluding carboxylic acids is 1. The Balaban J connectivity index is 1.66. The van der Waals surface area contributed by atoms with E-state index in [0.29, 0.717) is 31.3 Å². The van der Waals surface area contributed by atoms with Crippen molar-refractivity contribution in [2.75, 3.05) is 31.7 Å². The molecule has 1 aliphatic rings. The molecule has 7 heteroatoms. The van der Waals surface area contributed by atoms with E-state index in [0.717, 1.165) is 12.8 Å². The molecule has 1 aliphatic heterocycles. The molecule has 126 valence electrons. The van der Waals surface area contributed by atoms with Crippen LogP contribution in [0.5, 0.6) is 5.75 Å². The summed E-state index contributed by atoms with van der Waals surface area (Å²) in [7, 11) is 0. The third-order valence-electron chi connectivity index (χ3n) is 3.35. The number of rotatable bonds is 8. The summed E-state index contributed by atoms with van der Waals surface area (Å²) in [6.45, 7) is 1.42. The second-order valence-electron chi connectivity index (χ2n) is 5.19. The Labute approximate surface area is 134 Å². The molecule has 0 bridgehead atoms. The van der Waals surface area contributed by atoms with E-state index in [1.54, 1.807) is 24.3 Å². The number of carbonyl (C=O) groups is 2. The number of nitrogens with one attached hydrogen (secondary N) is 1. The first kappa shape index (κ1) is 17.2. The maximum Gasteiger partial charge on any atom is 0.341 e. The molecule has 2 N–H and O–H groups in total. The zero-order chi connectivity index (χ0) is 16.5. The first-order chi connectivity index (χ1) is 11.1. The minimum atomic E-state index is -1.04. The Kier molecular flexibility index (Phi) is 6.83. The van der Waals surface area contributed by atoms with E-state index in [2.05, 4.69) is 5.32 Å². The molecule has 1 fully saturated rings. The average molecular weight is 323 g/mol. The second-order valence-corrected chi connectivity index (χ2v) is 5.19. The summed E-state index contributed by atoms with van der Waals surface area (Å²) in [5, 5.41) is 11.3. The van der Waals surface area contributed by atoms with E-state index in [1.807, 2.05) is 0 Å². The Morgan fingerprint density at radius 1 is 1.22 bits per heavy atom. The van der Waals surface area contributed by atoms with Gasteiger partial charge in [-0.2, -0.15) is 0 Å². The fourth-order valence-electron chi connectivity index (χ4n) is 2.16. The lowest BCUT2D eigenvalue weighted by Crippen LogP contribution is -2.25. The first-order valence-electron chi connectivity index (χ1n) is 7.57. The summed E-state index contributed by atoms with van der Waals surface area (Å²) in [4.78, 5) is 22.2. The largest absolute Gasteiger partial charge is 0.482 e.